The smallest absolute Gasteiger partial charge is 0.129 e. The molecule has 0 aliphatic rings. The zero-order valence-electron chi connectivity index (χ0n) is 12.0. The van der Waals surface area contributed by atoms with E-state index in [4.69, 9.17) is 23.2 Å². The van der Waals surface area contributed by atoms with Gasteiger partial charge in [0.1, 0.15) is 16.7 Å². The first-order valence-corrected chi connectivity index (χ1v) is 8.84. The van der Waals surface area contributed by atoms with Crippen LogP contribution in [0, 0.1) is 11.3 Å². The van der Waals surface area contributed by atoms with Crippen LogP contribution in [0.4, 0.5) is 0 Å². The third kappa shape index (κ3) is 4.17. The fourth-order valence-electron chi connectivity index (χ4n) is 1.63. The summed E-state index contributed by atoms with van der Waals surface area (Å²) in [6.45, 7) is 0. The molecule has 0 saturated heterocycles. The van der Waals surface area contributed by atoms with Gasteiger partial charge >= 0.3 is 0 Å². The molecular formula is C15H13Cl2N3S2. The molecule has 0 fully saturated rings. The van der Waals surface area contributed by atoms with E-state index >= 15 is 0 Å². The first-order valence-electron chi connectivity index (χ1n) is 6.33. The van der Waals surface area contributed by atoms with Crippen molar-refractivity contribution < 1.29 is 0 Å². The average molecular weight is 370 g/mol. The summed E-state index contributed by atoms with van der Waals surface area (Å²) < 4.78 is 4.37. The highest BCUT2D eigenvalue weighted by atomic mass is 35.5. The molecule has 1 aromatic carbocycles. The van der Waals surface area contributed by atoms with Crippen molar-refractivity contribution in [2.24, 2.45) is 0 Å². The minimum Gasteiger partial charge on any atom is -0.383 e. The molecule has 0 atom stereocenters. The Hall–Kier alpha value is -1.19. The Labute approximate surface area is 148 Å². The quantitative estimate of drug-likeness (QED) is 0.683. The molecule has 114 valence electrons. The Morgan fingerprint density at radius 1 is 1.36 bits per heavy atom. The minimum absolute atomic E-state index is 0.577. The SMILES string of the molecule is CN(C)/C=C/c1snc(SCc2c(Cl)cccc2Cl)c1C#N. The first-order chi connectivity index (χ1) is 10.5. The second-order valence-electron chi connectivity index (χ2n) is 4.61. The molecule has 1 heterocycles. The summed E-state index contributed by atoms with van der Waals surface area (Å²) in [4.78, 5) is 2.76. The highest BCUT2D eigenvalue weighted by Gasteiger charge is 2.14. The van der Waals surface area contributed by atoms with Crippen LogP contribution in [-0.2, 0) is 5.75 Å². The van der Waals surface area contributed by atoms with Gasteiger partial charge in [0, 0.05) is 36.1 Å². The van der Waals surface area contributed by atoms with E-state index in [0.29, 0.717) is 26.4 Å². The van der Waals surface area contributed by atoms with Crippen LogP contribution in [-0.4, -0.2) is 23.4 Å². The van der Waals surface area contributed by atoms with Gasteiger partial charge in [-0.25, -0.2) is 0 Å². The maximum Gasteiger partial charge on any atom is 0.129 e. The zero-order valence-corrected chi connectivity index (χ0v) is 15.2. The topological polar surface area (TPSA) is 39.9 Å². The molecule has 2 rings (SSSR count). The van der Waals surface area contributed by atoms with Crippen molar-refractivity contribution in [3.8, 4) is 6.07 Å². The number of rotatable bonds is 5. The second kappa shape index (κ2) is 7.89. The maximum atomic E-state index is 9.36. The molecule has 1 aromatic heterocycles. The van der Waals surface area contributed by atoms with Crippen LogP contribution >= 0.6 is 46.5 Å². The van der Waals surface area contributed by atoms with E-state index in [1.165, 1.54) is 23.3 Å². The first kappa shape index (κ1) is 17.2. The van der Waals surface area contributed by atoms with Gasteiger partial charge in [0.25, 0.3) is 0 Å². The summed E-state index contributed by atoms with van der Waals surface area (Å²) in [6.07, 6.45) is 3.79. The number of thioether (sulfide) groups is 1. The van der Waals surface area contributed by atoms with Gasteiger partial charge in [-0.2, -0.15) is 9.64 Å². The number of nitriles is 1. The van der Waals surface area contributed by atoms with E-state index in [1.54, 1.807) is 12.1 Å². The monoisotopic (exact) mass is 369 g/mol. The molecule has 2 aromatic rings. The summed E-state index contributed by atoms with van der Waals surface area (Å²) in [7, 11) is 3.86. The average Bonchev–Trinajstić information content (AvgIpc) is 2.86. The lowest BCUT2D eigenvalue weighted by Crippen LogP contribution is -1.99. The number of nitrogens with zero attached hydrogens (tertiary/aromatic N) is 3. The molecule has 7 heteroatoms. The normalized spacial score (nSPS) is 10.9. The van der Waals surface area contributed by atoms with E-state index < -0.39 is 0 Å². The van der Waals surface area contributed by atoms with E-state index in [1.807, 2.05) is 37.3 Å². The predicted octanol–water partition coefficient (Wildman–Crippen LogP) is 5.15. The van der Waals surface area contributed by atoms with Gasteiger partial charge in [0.15, 0.2) is 0 Å². The summed E-state index contributed by atoms with van der Waals surface area (Å²) >= 11 is 15.1. The molecule has 0 bridgehead atoms. The van der Waals surface area contributed by atoms with Crippen LogP contribution in [0.15, 0.2) is 29.4 Å². The molecule has 0 amide bonds. The second-order valence-corrected chi connectivity index (χ2v) is 7.19. The van der Waals surface area contributed by atoms with Gasteiger partial charge in [0.05, 0.1) is 4.88 Å². The standard InChI is InChI=1S/C15H13Cl2N3S2/c1-20(2)7-6-14-10(8-18)15(19-22-14)21-9-11-12(16)4-3-5-13(11)17/h3-7H,9H2,1-2H3/b7-6+. The lowest BCUT2D eigenvalue weighted by atomic mass is 10.2. The van der Waals surface area contributed by atoms with Crippen LogP contribution in [0.25, 0.3) is 6.08 Å². The van der Waals surface area contributed by atoms with E-state index in [2.05, 4.69) is 10.4 Å². The molecule has 0 aliphatic carbocycles. The molecule has 0 saturated carbocycles. The zero-order chi connectivity index (χ0) is 16.1. The van der Waals surface area contributed by atoms with Gasteiger partial charge in [-0.05, 0) is 35.3 Å². The molecule has 0 N–H and O–H groups in total. The van der Waals surface area contributed by atoms with Crippen LogP contribution in [0.3, 0.4) is 0 Å². The van der Waals surface area contributed by atoms with E-state index in [0.717, 1.165) is 10.4 Å². The Bertz CT molecular complexity index is 713. The van der Waals surface area contributed by atoms with Crippen molar-refractivity contribution in [3.05, 3.63) is 50.4 Å². The van der Waals surface area contributed by atoms with Crippen LogP contribution in [0.5, 0.6) is 0 Å². The number of aromatic nitrogens is 1. The Morgan fingerprint density at radius 3 is 2.64 bits per heavy atom. The van der Waals surface area contributed by atoms with Crippen molar-refractivity contribution in [2.75, 3.05) is 14.1 Å². The lowest BCUT2D eigenvalue weighted by molar-refractivity contribution is 0.567. The fourth-order valence-corrected chi connectivity index (χ4v) is 4.23. The molecule has 3 nitrogen and oxygen atoms in total. The number of halogens is 2. The number of hydrogen-bond donors (Lipinski definition) is 0. The molecular weight excluding hydrogens is 357 g/mol. The van der Waals surface area contributed by atoms with Gasteiger partial charge in [-0.3, -0.25) is 0 Å². The highest BCUT2D eigenvalue weighted by Crippen LogP contribution is 2.34. The van der Waals surface area contributed by atoms with Gasteiger partial charge in [-0.15, -0.1) is 0 Å². The van der Waals surface area contributed by atoms with Gasteiger partial charge < -0.3 is 4.90 Å². The molecule has 0 unspecified atom stereocenters. The third-order valence-corrected chi connectivity index (χ3v) is 5.37. The van der Waals surface area contributed by atoms with Crippen molar-refractivity contribution in [1.29, 1.82) is 5.26 Å². The highest BCUT2D eigenvalue weighted by molar-refractivity contribution is 7.98. The van der Waals surface area contributed by atoms with Crippen LogP contribution in [0.2, 0.25) is 10.0 Å². The lowest BCUT2D eigenvalue weighted by Gasteiger charge is -2.05. The van der Waals surface area contributed by atoms with Crippen LogP contribution < -0.4 is 0 Å². The van der Waals surface area contributed by atoms with E-state index in [-0.39, 0.29) is 0 Å². The van der Waals surface area contributed by atoms with Crippen molar-refractivity contribution in [1.82, 2.24) is 9.27 Å². The third-order valence-electron chi connectivity index (χ3n) is 2.74. The maximum absolute atomic E-state index is 9.36. The molecule has 0 radical (unpaired) electrons. The van der Waals surface area contributed by atoms with Crippen molar-refractivity contribution in [2.45, 2.75) is 10.8 Å². The Kier molecular flexibility index (Phi) is 6.16. The summed E-state index contributed by atoms with van der Waals surface area (Å²) in [5.74, 6) is 0.577. The number of benzene rings is 1. The Balaban J connectivity index is 2.19. The largest absolute Gasteiger partial charge is 0.383 e. The van der Waals surface area contributed by atoms with E-state index in [9.17, 15) is 5.26 Å². The number of hydrogen-bond acceptors (Lipinski definition) is 5. The molecule has 22 heavy (non-hydrogen) atoms. The van der Waals surface area contributed by atoms with Crippen molar-refractivity contribution in [3.63, 3.8) is 0 Å². The molecule has 0 aliphatic heterocycles. The fraction of sp³-hybridized carbons (Fsp3) is 0.200. The summed E-state index contributed by atoms with van der Waals surface area (Å²) in [5, 5.41) is 11.3. The van der Waals surface area contributed by atoms with Gasteiger partial charge in [-0.1, -0.05) is 41.0 Å². The predicted molar refractivity (Wildman–Crippen MR) is 95.6 cm³/mol. The van der Waals surface area contributed by atoms with Crippen LogP contribution in [0.1, 0.15) is 16.0 Å². The van der Waals surface area contributed by atoms with Gasteiger partial charge in [0.2, 0.25) is 0 Å². The van der Waals surface area contributed by atoms with Crippen molar-refractivity contribution >= 4 is 52.6 Å². The summed E-state index contributed by atoms with van der Waals surface area (Å²) in [6, 6.07) is 7.65. The summed E-state index contributed by atoms with van der Waals surface area (Å²) in [5.41, 5.74) is 1.45. The minimum atomic E-state index is 0.577. The Morgan fingerprint density at radius 2 is 2.05 bits per heavy atom. The molecule has 0 spiro atoms.